The predicted octanol–water partition coefficient (Wildman–Crippen LogP) is 3.90. The Hall–Kier alpha value is -2.74. The summed E-state index contributed by atoms with van der Waals surface area (Å²) in [6, 6.07) is 10.4. The van der Waals surface area contributed by atoms with Crippen LogP contribution in [-0.2, 0) is 16.4 Å². The molecule has 0 aromatic heterocycles. The van der Waals surface area contributed by atoms with Gasteiger partial charge in [-0.25, -0.2) is 8.42 Å². The maximum atomic E-state index is 13.5. The number of nitrogens with zero attached hydrogens (tertiary/aromatic N) is 1. The van der Waals surface area contributed by atoms with Crippen LogP contribution in [0.1, 0.15) is 48.3 Å². The van der Waals surface area contributed by atoms with E-state index in [2.05, 4.69) is 19.2 Å². The molecule has 0 bridgehead atoms. The molecule has 1 amide bonds. The molecule has 8 heteroatoms. The predicted molar refractivity (Wildman–Crippen MR) is 126 cm³/mol. The van der Waals surface area contributed by atoms with Crippen LogP contribution in [0.5, 0.6) is 11.5 Å². The third-order valence-electron chi connectivity index (χ3n) is 5.38. The smallest absolute Gasteiger partial charge is 0.257 e. The van der Waals surface area contributed by atoms with Crippen molar-refractivity contribution in [2.24, 2.45) is 5.92 Å². The first-order valence-electron chi connectivity index (χ1n) is 10.8. The SMILES string of the molecule is CCOc1cc(C(CS(C)(=O)=O)N2Cc3cccc(NCC(C)C)c3C2=O)ccc1OC. The highest BCUT2D eigenvalue weighted by Crippen LogP contribution is 2.38. The summed E-state index contributed by atoms with van der Waals surface area (Å²) < 4.78 is 35.7. The van der Waals surface area contributed by atoms with E-state index in [1.54, 1.807) is 30.2 Å². The van der Waals surface area contributed by atoms with Gasteiger partial charge in [0.1, 0.15) is 9.84 Å². The number of anilines is 1. The lowest BCUT2D eigenvalue weighted by atomic mass is 10.1. The van der Waals surface area contributed by atoms with Gasteiger partial charge in [0.15, 0.2) is 11.5 Å². The lowest BCUT2D eigenvalue weighted by Crippen LogP contribution is -2.34. The third-order valence-corrected chi connectivity index (χ3v) is 6.30. The molecule has 1 aliphatic rings. The highest BCUT2D eigenvalue weighted by Gasteiger charge is 2.37. The molecule has 1 aliphatic heterocycles. The van der Waals surface area contributed by atoms with Crippen LogP contribution in [-0.4, -0.2) is 51.5 Å². The number of hydrogen-bond acceptors (Lipinski definition) is 6. The van der Waals surface area contributed by atoms with E-state index >= 15 is 0 Å². The molecule has 0 saturated carbocycles. The second-order valence-electron chi connectivity index (χ2n) is 8.50. The Balaban J connectivity index is 2.01. The van der Waals surface area contributed by atoms with Crippen LogP contribution in [0.2, 0.25) is 0 Å². The number of fused-ring (bicyclic) bond motifs is 1. The molecule has 0 radical (unpaired) electrons. The normalized spacial score (nSPS) is 14.4. The number of carbonyl (C=O) groups is 1. The van der Waals surface area contributed by atoms with Gasteiger partial charge in [-0.05, 0) is 42.2 Å². The monoisotopic (exact) mass is 460 g/mol. The van der Waals surface area contributed by atoms with Crippen LogP contribution in [0, 0.1) is 5.92 Å². The quantitative estimate of drug-likeness (QED) is 0.579. The zero-order valence-corrected chi connectivity index (χ0v) is 20.2. The number of amides is 1. The van der Waals surface area contributed by atoms with Gasteiger partial charge < -0.3 is 19.7 Å². The Kier molecular flexibility index (Phi) is 7.33. The Morgan fingerprint density at radius 3 is 2.53 bits per heavy atom. The maximum Gasteiger partial charge on any atom is 0.257 e. The van der Waals surface area contributed by atoms with Gasteiger partial charge in [-0.1, -0.05) is 32.0 Å². The Morgan fingerprint density at radius 1 is 1.16 bits per heavy atom. The van der Waals surface area contributed by atoms with Gasteiger partial charge in [-0.2, -0.15) is 0 Å². The second-order valence-corrected chi connectivity index (χ2v) is 10.7. The van der Waals surface area contributed by atoms with Gasteiger partial charge >= 0.3 is 0 Å². The highest BCUT2D eigenvalue weighted by atomic mass is 32.2. The molecule has 1 N–H and O–H groups in total. The summed E-state index contributed by atoms with van der Waals surface area (Å²) >= 11 is 0. The van der Waals surface area contributed by atoms with Crippen molar-refractivity contribution in [3.8, 4) is 11.5 Å². The van der Waals surface area contributed by atoms with Crippen molar-refractivity contribution in [1.82, 2.24) is 4.90 Å². The molecule has 0 spiro atoms. The summed E-state index contributed by atoms with van der Waals surface area (Å²) in [6.07, 6.45) is 1.19. The fraction of sp³-hybridized carbons (Fsp3) is 0.458. The number of benzene rings is 2. The molecule has 32 heavy (non-hydrogen) atoms. The minimum absolute atomic E-state index is 0.172. The molecule has 3 rings (SSSR count). The van der Waals surface area contributed by atoms with E-state index < -0.39 is 15.9 Å². The summed E-state index contributed by atoms with van der Waals surface area (Å²) in [7, 11) is -1.82. The summed E-state index contributed by atoms with van der Waals surface area (Å²) in [4.78, 5) is 15.2. The molecule has 1 atom stereocenters. The van der Waals surface area contributed by atoms with E-state index in [0.29, 0.717) is 41.7 Å². The molecular formula is C24H32N2O5S. The molecule has 0 aliphatic carbocycles. The summed E-state index contributed by atoms with van der Waals surface area (Å²) in [5.41, 5.74) is 2.98. The van der Waals surface area contributed by atoms with Crippen molar-refractivity contribution in [2.45, 2.75) is 33.4 Å². The van der Waals surface area contributed by atoms with E-state index in [1.807, 2.05) is 25.1 Å². The van der Waals surface area contributed by atoms with Gasteiger partial charge in [0.25, 0.3) is 5.91 Å². The van der Waals surface area contributed by atoms with Crippen molar-refractivity contribution < 1.29 is 22.7 Å². The average Bonchev–Trinajstić information content (AvgIpc) is 3.07. The number of nitrogens with one attached hydrogen (secondary N) is 1. The number of methoxy groups -OCH3 is 1. The minimum Gasteiger partial charge on any atom is -0.493 e. The van der Waals surface area contributed by atoms with Gasteiger partial charge in [0, 0.05) is 25.0 Å². The fourth-order valence-corrected chi connectivity index (χ4v) is 4.86. The Morgan fingerprint density at radius 2 is 1.91 bits per heavy atom. The Bertz CT molecular complexity index is 1080. The third kappa shape index (κ3) is 5.35. The van der Waals surface area contributed by atoms with Crippen LogP contribution in [0.25, 0.3) is 0 Å². The van der Waals surface area contributed by atoms with E-state index in [0.717, 1.165) is 17.8 Å². The maximum absolute atomic E-state index is 13.5. The van der Waals surface area contributed by atoms with Gasteiger partial charge in [0.2, 0.25) is 0 Å². The van der Waals surface area contributed by atoms with Crippen molar-refractivity contribution >= 4 is 21.4 Å². The van der Waals surface area contributed by atoms with Crippen LogP contribution in [0.15, 0.2) is 36.4 Å². The second kappa shape index (κ2) is 9.81. The van der Waals surface area contributed by atoms with Gasteiger partial charge in [-0.15, -0.1) is 0 Å². The van der Waals surface area contributed by atoms with E-state index in [1.165, 1.54) is 6.26 Å². The molecule has 2 aromatic rings. The van der Waals surface area contributed by atoms with Crippen molar-refractivity contribution in [3.63, 3.8) is 0 Å². The molecule has 7 nitrogen and oxygen atoms in total. The Labute approximate surface area is 190 Å². The lowest BCUT2D eigenvalue weighted by molar-refractivity contribution is 0.0719. The topological polar surface area (TPSA) is 84.9 Å². The van der Waals surface area contributed by atoms with Crippen molar-refractivity contribution in [3.05, 3.63) is 53.1 Å². The summed E-state index contributed by atoms with van der Waals surface area (Å²) in [5.74, 6) is 1.15. The van der Waals surface area contributed by atoms with Gasteiger partial charge in [0.05, 0.1) is 31.1 Å². The first-order valence-corrected chi connectivity index (χ1v) is 12.9. The van der Waals surface area contributed by atoms with E-state index in [4.69, 9.17) is 9.47 Å². The number of rotatable bonds is 10. The number of sulfone groups is 1. The standard InChI is InChI=1S/C24H32N2O5S/c1-6-31-22-12-17(10-11-21(22)30-4)20(15-32(5,28)29)26-14-18-8-7-9-19(23(18)24(26)27)25-13-16(2)3/h7-12,16,20,25H,6,13-15H2,1-5H3. The van der Waals surface area contributed by atoms with Gasteiger partial charge in [-0.3, -0.25) is 4.79 Å². The van der Waals surface area contributed by atoms with E-state index in [9.17, 15) is 13.2 Å². The zero-order valence-electron chi connectivity index (χ0n) is 19.3. The van der Waals surface area contributed by atoms with Crippen LogP contribution in [0.3, 0.4) is 0 Å². The molecule has 0 fully saturated rings. The van der Waals surface area contributed by atoms with E-state index in [-0.39, 0.29) is 11.7 Å². The molecule has 0 saturated heterocycles. The summed E-state index contributed by atoms with van der Waals surface area (Å²) in [5, 5.41) is 3.36. The van der Waals surface area contributed by atoms with Crippen LogP contribution in [0.4, 0.5) is 5.69 Å². The molecule has 174 valence electrons. The van der Waals surface area contributed by atoms with Crippen molar-refractivity contribution in [2.75, 3.05) is 37.6 Å². The van der Waals surface area contributed by atoms with Crippen molar-refractivity contribution in [1.29, 1.82) is 0 Å². The van der Waals surface area contributed by atoms with Crippen LogP contribution >= 0.6 is 0 Å². The van der Waals surface area contributed by atoms with Crippen LogP contribution < -0.4 is 14.8 Å². The minimum atomic E-state index is -3.37. The molecule has 1 heterocycles. The first kappa shape index (κ1) is 23.9. The molecule has 2 aromatic carbocycles. The highest BCUT2D eigenvalue weighted by molar-refractivity contribution is 7.90. The summed E-state index contributed by atoms with van der Waals surface area (Å²) in [6.45, 7) is 7.61. The average molecular weight is 461 g/mol. The lowest BCUT2D eigenvalue weighted by Gasteiger charge is -2.28. The fourth-order valence-electron chi connectivity index (χ4n) is 3.92. The zero-order chi connectivity index (χ0) is 23.5. The first-order chi connectivity index (χ1) is 15.1. The molecular weight excluding hydrogens is 428 g/mol. The largest absolute Gasteiger partial charge is 0.493 e. The number of ether oxygens (including phenoxy) is 2. The number of hydrogen-bond donors (Lipinski definition) is 1. The molecule has 1 unspecified atom stereocenters. The number of carbonyl (C=O) groups excluding carboxylic acids is 1.